The van der Waals surface area contributed by atoms with E-state index >= 15 is 0 Å². The first-order valence-corrected chi connectivity index (χ1v) is 14.4. The number of H-pyrrole nitrogens is 1. The van der Waals surface area contributed by atoms with E-state index in [4.69, 9.17) is 11.6 Å². The molecular formula is C33H37ClN4O2. The Bertz CT molecular complexity index is 1430. The van der Waals surface area contributed by atoms with Crippen molar-refractivity contribution in [3.63, 3.8) is 0 Å². The van der Waals surface area contributed by atoms with Gasteiger partial charge in [0.15, 0.2) is 0 Å². The fourth-order valence-electron chi connectivity index (χ4n) is 5.76. The normalized spacial score (nSPS) is 15.2. The van der Waals surface area contributed by atoms with Gasteiger partial charge in [-0.25, -0.2) is 0 Å². The highest BCUT2D eigenvalue weighted by atomic mass is 35.5. The first kappa shape index (κ1) is 27.9. The lowest BCUT2D eigenvalue weighted by atomic mass is 9.89. The quantitative estimate of drug-likeness (QED) is 0.260. The molecule has 3 aromatic carbocycles. The summed E-state index contributed by atoms with van der Waals surface area (Å²) in [5.41, 5.74) is 4.44. The minimum atomic E-state index is -0.250. The Morgan fingerprint density at radius 1 is 0.975 bits per heavy atom. The molecule has 0 spiro atoms. The highest BCUT2D eigenvalue weighted by molar-refractivity contribution is 6.31. The van der Waals surface area contributed by atoms with Crippen LogP contribution in [0.4, 0.5) is 0 Å². The number of hydrogen-bond acceptors (Lipinski definition) is 3. The number of para-hydroxylation sites is 1. The highest BCUT2D eigenvalue weighted by Gasteiger charge is 2.25. The third-order valence-corrected chi connectivity index (χ3v) is 8.31. The number of benzene rings is 3. The number of hydrogen-bond donors (Lipinski definition) is 2. The number of piperidine rings is 1. The number of aromatic amines is 1. The van der Waals surface area contributed by atoms with Gasteiger partial charge in [0.2, 0.25) is 11.8 Å². The topological polar surface area (TPSA) is 68.4 Å². The number of nitrogens with one attached hydrogen (secondary N) is 2. The minimum Gasteiger partial charge on any atom is -0.361 e. The van der Waals surface area contributed by atoms with Crippen LogP contribution in [0.5, 0.6) is 0 Å². The van der Waals surface area contributed by atoms with E-state index in [9.17, 15) is 9.59 Å². The molecule has 0 aliphatic carbocycles. The molecule has 208 valence electrons. The Morgan fingerprint density at radius 2 is 1.68 bits per heavy atom. The predicted molar refractivity (Wildman–Crippen MR) is 161 cm³/mol. The van der Waals surface area contributed by atoms with Crippen molar-refractivity contribution in [1.82, 2.24) is 20.1 Å². The monoisotopic (exact) mass is 556 g/mol. The van der Waals surface area contributed by atoms with Crippen LogP contribution in [0.3, 0.4) is 0 Å². The zero-order chi connectivity index (χ0) is 27.9. The molecule has 5 rings (SSSR count). The molecule has 0 radical (unpaired) electrons. The zero-order valence-electron chi connectivity index (χ0n) is 23.0. The van der Waals surface area contributed by atoms with Crippen LogP contribution >= 0.6 is 11.6 Å². The summed E-state index contributed by atoms with van der Waals surface area (Å²) in [7, 11) is 0. The molecule has 1 saturated heterocycles. The van der Waals surface area contributed by atoms with Crippen molar-refractivity contribution >= 4 is 34.3 Å². The molecule has 4 aromatic rings. The van der Waals surface area contributed by atoms with Crippen molar-refractivity contribution in [2.75, 3.05) is 26.2 Å². The summed E-state index contributed by atoms with van der Waals surface area (Å²) in [5.74, 6) is 0.481. The number of carbonyl (C=O) groups is 2. The Kier molecular flexibility index (Phi) is 9.19. The number of amides is 2. The van der Waals surface area contributed by atoms with Gasteiger partial charge >= 0.3 is 0 Å². The van der Waals surface area contributed by atoms with Crippen molar-refractivity contribution in [1.29, 1.82) is 0 Å². The van der Waals surface area contributed by atoms with Gasteiger partial charge in [-0.3, -0.25) is 14.5 Å². The minimum absolute atomic E-state index is 0.00996. The van der Waals surface area contributed by atoms with E-state index in [1.54, 1.807) is 11.8 Å². The summed E-state index contributed by atoms with van der Waals surface area (Å²) in [6.45, 7) is 4.50. The van der Waals surface area contributed by atoms with Crippen LogP contribution in [-0.2, 0) is 22.6 Å². The van der Waals surface area contributed by atoms with Gasteiger partial charge in [0.25, 0.3) is 0 Å². The Hall–Kier alpha value is -3.61. The molecule has 0 saturated carbocycles. The van der Waals surface area contributed by atoms with Crippen LogP contribution < -0.4 is 5.32 Å². The number of aromatic nitrogens is 1. The average molecular weight is 557 g/mol. The van der Waals surface area contributed by atoms with Crippen LogP contribution in [0.1, 0.15) is 42.4 Å². The van der Waals surface area contributed by atoms with Gasteiger partial charge in [0.05, 0.1) is 12.6 Å². The van der Waals surface area contributed by atoms with Crippen molar-refractivity contribution in [2.24, 2.45) is 0 Å². The molecule has 1 aliphatic heterocycles. The smallest absolute Gasteiger partial charge is 0.234 e. The summed E-state index contributed by atoms with van der Waals surface area (Å²) in [6, 6.07) is 26.1. The fraction of sp³-hybridized carbons (Fsp3) is 0.333. The summed E-state index contributed by atoms with van der Waals surface area (Å²) >= 11 is 6.41. The SMILES string of the molecule is CC(=O)N(Cc1ccccc1Cl)CC(Cc1c[nH]c2ccccc12)NC(=O)CN1CCC(c2ccccc2)CC1. The fourth-order valence-corrected chi connectivity index (χ4v) is 5.95. The van der Waals surface area contributed by atoms with Crippen LogP contribution in [0, 0.1) is 0 Å². The second-order valence-electron chi connectivity index (χ2n) is 10.8. The standard InChI is InChI=1S/C33H37ClN4O2/c1-24(39)38(21-27-11-5-7-13-31(27)34)22-29(19-28-20-35-32-14-8-6-12-30(28)32)36-33(40)23-37-17-15-26(16-18-37)25-9-3-2-4-10-25/h2-14,20,26,29,35H,15-19,21-23H2,1H3,(H,36,40). The number of carbonyl (C=O) groups excluding carboxylic acids is 2. The van der Waals surface area contributed by atoms with Gasteiger partial charge in [0.1, 0.15) is 0 Å². The largest absolute Gasteiger partial charge is 0.361 e. The van der Waals surface area contributed by atoms with E-state index in [0.29, 0.717) is 37.0 Å². The molecular weight excluding hydrogens is 520 g/mol. The number of rotatable bonds is 10. The zero-order valence-corrected chi connectivity index (χ0v) is 23.7. The molecule has 1 aromatic heterocycles. The molecule has 1 unspecified atom stereocenters. The van der Waals surface area contributed by atoms with E-state index in [-0.39, 0.29) is 17.9 Å². The first-order valence-electron chi connectivity index (χ1n) is 14.1. The molecule has 1 aliphatic rings. The van der Waals surface area contributed by atoms with Crippen molar-refractivity contribution in [3.8, 4) is 0 Å². The maximum atomic E-state index is 13.3. The molecule has 6 nitrogen and oxygen atoms in total. The van der Waals surface area contributed by atoms with Gasteiger partial charge in [0, 0.05) is 42.1 Å². The molecule has 2 N–H and O–H groups in total. The maximum absolute atomic E-state index is 13.3. The van der Waals surface area contributed by atoms with Crippen molar-refractivity contribution in [3.05, 3.63) is 107 Å². The number of likely N-dealkylation sites (tertiary alicyclic amines) is 1. The Labute approximate surface area is 241 Å². The van der Waals surface area contributed by atoms with E-state index in [1.165, 1.54) is 5.56 Å². The average Bonchev–Trinajstić information content (AvgIpc) is 3.37. The highest BCUT2D eigenvalue weighted by Crippen LogP contribution is 2.27. The second kappa shape index (κ2) is 13.2. The van der Waals surface area contributed by atoms with Crippen LogP contribution in [-0.4, -0.2) is 58.8 Å². The van der Waals surface area contributed by atoms with Crippen molar-refractivity contribution in [2.45, 2.75) is 44.7 Å². The lowest BCUT2D eigenvalue weighted by molar-refractivity contribution is -0.131. The van der Waals surface area contributed by atoms with Gasteiger partial charge in [-0.05, 0) is 67.1 Å². The molecule has 0 bridgehead atoms. The van der Waals surface area contributed by atoms with E-state index in [0.717, 1.165) is 48.0 Å². The summed E-state index contributed by atoms with van der Waals surface area (Å²) in [6.07, 6.45) is 4.71. The predicted octanol–water partition coefficient (Wildman–Crippen LogP) is 5.78. The van der Waals surface area contributed by atoms with E-state index in [2.05, 4.69) is 51.6 Å². The van der Waals surface area contributed by atoms with Crippen molar-refractivity contribution < 1.29 is 9.59 Å². The molecule has 1 atom stereocenters. The second-order valence-corrected chi connectivity index (χ2v) is 11.2. The molecule has 40 heavy (non-hydrogen) atoms. The first-order chi connectivity index (χ1) is 19.5. The number of nitrogens with zero attached hydrogens (tertiary/aromatic N) is 2. The lowest BCUT2D eigenvalue weighted by Gasteiger charge is -2.33. The van der Waals surface area contributed by atoms with E-state index in [1.807, 2.05) is 48.7 Å². The van der Waals surface area contributed by atoms with Crippen LogP contribution in [0.2, 0.25) is 5.02 Å². The third kappa shape index (κ3) is 7.12. The third-order valence-electron chi connectivity index (χ3n) is 7.94. The number of fused-ring (bicyclic) bond motifs is 1. The van der Waals surface area contributed by atoms with Gasteiger partial charge in [-0.15, -0.1) is 0 Å². The molecule has 1 fully saturated rings. The molecule has 2 heterocycles. The number of halogens is 1. The Morgan fingerprint density at radius 3 is 2.42 bits per heavy atom. The lowest BCUT2D eigenvalue weighted by Crippen LogP contribution is -2.49. The van der Waals surface area contributed by atoms with Gasteiger partial charge in [-0.1, -0.05) is 78.3 Å². The maximum Gasteiger partial charge on any atom is 0.234 e. The summed E-state index contributed by atoms with van der Waals surface area (Å²) in [5, 5.41) is 5.03. The van der Waals surface area contributed by atoms with Gasteiger partial charge in [-0.2, -0.15) is 0 Å². The van der Waals surface area contributed by atoms with E-state index < -0.39 is 0 Å². The Balaban J connectivity index is 1.27. The van der Waals surface area contributed by atoms with Crippen LogP contribution in [0.25, 0.3) is 10.9 Å². The van der Waals surface area contributed by atoms with Crippen LogP contribution in [0.15, 0.2) is 85.1 Å². The summed E-state index contributed by atoms with van der Waals surface area (Å²) < 4.78 is 0. The summed E-state index contributed by atoms with van der Waals surface area (Å²) in [4.78, 5) is 33.4. The molecule has 2 amide bonds. The molecule has 7 heteroatoms. The van der Waals surface area contributed by atoms with Gasteiger partial charge < -0.3 is 15.2 Å².